The first-order valence-corrected chi connectivity index (χ1v) is 13.1. The van der Waals surface area contributed by atoms with Crippen molar-refractivity contribution < 1.29 is 13.2 Å². The molecule has 0 unspecified atom stereocenters. The first-order chi connectivity index (χ1) is 15.8. The number of thiazole rings is 1. The molecule has 1 aromatic heterocycles. The molecule has 4 aromatic rings. The zero-order valence-corrected chi connectivity index (χ0v) is 21.0. The van der Waals surface area contributed by atoms with Crippen molar-refractivity contribution in [2.24, 2.45) is 4.99 Å². The Morgan fingerprint density at radius 2 is 1.82 bits per heavy atom. The van der Waals surface area contributed by atoms with Gasteiger partial charge in [0, 0.05) is 27.3 Å². The van der Waals surface area contributed by atoms with Crippen LogP contribution >= 0.6 is 38.9 Å². The molecule has 6 nitrogen and oxygen atoms in total. The quantitative estimate of drug-likeness (QED) is 0.300. The highest BCUT2D eigenvalue weighted by atomic mass is 79.9. The molecule has 0 radical (unpaired) electrons. The molecule has 0 aliphatic carbocycles. The third kappa shape index (κ3) is 5.27. The van der Waals surface area contributed by atoms with Gasteiger partial charge in [-0.1, -0.05) is 44.9 Å². The lowest BCUT2D eigenvalue weighted by Gasteiger charge is -2.08. The van der Waals surface area contributed by atoms with E-state index in [9.17, 15) is 13.2 Å². The summed E-state index contributed by atoms with van der Waals surface area (Å²) in [4.78, 5) is 17.8. The SMILES string of the molecule is C=CCn1c(=NC(=O)c2ccc(NS(=O)(=O)c3ccc(Cl)cc3)cc2)sc2cc(Br)ccc21. The molecule has 1 N–H and O–H groups in total. The number of aromatic nitrogens is 1. The van der Waals surface area contributed by atoms with Gasteiger partial charge in [0.2, 0.25) is 0 Å². The van der Waals surface area contributed by atoms with E-state index >= 15 is 0 Å². The molecule has 0 fully saturated rings. The lowest BCUT2D eigenvalue weighted by Crippen LogP contribution is -2.16. The Bertz CT molecular complexity index is 1520. The smallest absolute Gasteiger partial charge is 0.279 e. The first-order valence-electron chi connectivity index (χ1n) is 9.64. The average Bonchev–Trinajstić information content (AvgIpc) is 3.10. The van der Waals surface area contributed by atoms with Crippen LogP contribution in [0.25, 0.3) is 10.2 Å². The van der Waals surface area contributed by atoms with Gasteiger partial charge in [0.1, 0.15) is 0 Å². The van der Waals surface area contributed by atoms with E-state index in [1.54, 1.807) is 6.08 Å². The summed E-state index contributed by atoms with van der Waals surface area (Å²) in [5, 5.41) is 0.446. The number of carbonyl (C=O) groups excluding carboxylic acids is 1. The van der Waals surface area contributed by atoms with E-state index in [1.165, 1.54) is 59.9 Å². The van der Waals surface area contributed by atoms with Crippen LogP contribution in [0.5, 0.6) is 0 Å². The minimum Gasteiger partial charge on any atom is -0.312 e. The molecular formula is C23H17BrClN3O3S2. The fourth-order valence-corrected chi connectivity index (χ4v) is 5.87. The zero-order valence-electron chi connectivity index (χ0n) is 17.0. The number of anilines is 1. The number of fused-ring (bicyclic) bond motifs is 1. The number of hydrogen-bond acceptors (Lipinski definition) is 4. The summed E-state index contributed by atoms with van der Waals surface area (Å²) in [5.41, 5.74) is 1.63. The van der Waals surface area contributed by atoms with Gasteiger partial charge in [-0.15, -0.1) is 6.58 Å². The summed E-state index contributed by atoms with van der Waals surface area (Å²) in [6.45, 7) is 4.30. The summed E-state index contributed by atoms with van der Waals surface area (Å²) in [6, 6.07) is 17.8. The lowest BCUT2D eigenvalue weighted by molar-refractivity contribution is 0.0998. The Balaban J connectivity index is 1.60. The van der Waals surface area contributed by atoms with Crippen molar-refractivity contribution in [3.05, 3.63) is 99.2 Å². The summed E-state index contributed by atoms with van der Waals surface area (Å²) in [7, 11) is -3.77. The molecule has 3 aromatic carbocycles. The van der Waals surface area contributed by atoms with Gasteiger partial charge >= 0.3 is 0 Å². The topological polar surface area (TPSA) is 80.5 Å². The van der Waals surface area contributed by atoms with Gasteiger partial charge in [-0.3, -0.25) is 9.52 Å². The number of sulfonamides is 1. The zero-order chi connectivity index (χ0) is 23.6. The maximum Gasteiger partial charge on any atom is 0.279 e. The van der Waals surface area contributed by atoms with Crippen molar-refractivity contribution >= 4 is 70.7 Å². The number of nitrogens with one attached hydrogen (secondary N) is 1. The van der Waals surface area contributed by atoms with E-state index in [0.29, 0.717) is 27.6 Å². The summed E-state index contributed by atoms with van der Waals surface area (Å²) >= 11 is 10.7. The largest absolute Gasteiger partial charge is 0.312 e. The highest BCUT2D eigenvalue weighted by Crippen LogP contribution is 2.23. The van der Waals surface area contributed by atoms with Gasteiger partial charge in [-0.05, 0) is 66.7 Å². The van der Waals surface area contributed by atoms with E-state index in [0.717, 1.165) is 14.7 Å². The van der Waals surface area contributed by atoms with Crippen LogP contribution in [-0.4, -0.2) is 18.9 Å². The molecule has 0 atom stereocenters. The molecule has 168 valence electrons. The number of benzene rings is 3. The summed E-state index contributed by atoms with van der Waals surface area (Å²) in [6.07, 6.45) is 1.75. The predicted molar refractivity (Wildman–Crippen MR) is 136 cm³/mol. The van der Waals surface area contributed by atoms with Crippen LogP contribution < -0.4 is 9.52 Å². The highest BCUT2D eigenvalue weighted by Gasteiger charge is 2.15. The third-order valence-corrected chi connectivity index (χ3v) is 7.85. The van der Waals surface area contributed by atoms with E-state index < -0.39 is 15.9 Å². The molecule has 0 saturated heterocycles. The van der Waals surface area contributed by atoms with Gasteiger partial charge in [-0.2, -0.15) is 4.99 Å². The number of allylic oxidation sites excluding steroid dienone is 1. The molecule has 0 spiro atoms. The van der Waals surface area contributed by atoms with Gasteiger partial charge in [0.15, 0.2) is 4.80 Å². The molecule has 0 aliphatic rings. The fraction of sp³-hybridized carbons (Fsp3) is 0.0435. The van der Waals surface area contributed by atoms with E-state index in [2.05, 4.69) is 32.2 Å². The monoisotopic (exact) mass is 561 g/mol. The minimum absolute atomic E-state index is 0.0882. The van der Waals surface area contributed by atoms with E-state index in [1.807, 2.05) is 22.8 Å². The molecule has 0 bridgehead atoms. The summed E-state index contributed by atoms with van der Waals surface area (Å²) in [5.74, 6) is -0.425. The van der Waals surface area contributed by atoms with Crippen molar-refractivity contribution in [3.8, 4) is 0 Å². The van der Waals surface area contributed by atoms with Crippen molar-refractivity contribution in [1.82, 2.24) is 4.57 Å². The fourth-order valence-electron chi connectivity index (χ4n) is 3.10. The number of carbonyl (C=O) groups is 1. The number of rotatable bonds is 6. The Hall–Kier alpha value is -2.72. The Kier molecular flexibility index (Phi) is 6.85. The number of nitrogens with zero attached hydrogens (tertiary/aromatic N) is 2. The molecule has 10 heteroatoms. The normalized spacial score (nSPS) is 12.1. The highest BCUT2D eigenvalue weighted by molar-refractivity contribution is 9.10. The van der Waals surface area contributed by atoms with Crippen molar-refractivity contribution in [3.63, 3.8) is 0 Å². The standard InChI is InChI=1S/C23H17BrClN3O3S2/c1-2-13-28-20-12-5-16(24)14-21(20)32-23(28)26-22(29)15-3-8-18(9-4-15)27-33(30,31)19-10-6-17(25)7-11-19/h2-12,14,27H,1,13H2. The molecule has 4 rings (SSSR count). The van der Waals surface area contributed by atoms with E-state index in [4.69, 9.17) is 11.6 Å². The maximum atomic E-state index is 12.8. The van der Waals surface area contributed by atoms with Crippen LogP contribution in [0.4, 0.5) is 5.69 Å². The average molecular weight is 563 g/mol. The van der Waals surface area contributed by atoms with Crippen LogP contribution in [0.2, 0.25) is 5.02 Å². The maximum absolute atomic E-state index is 12.8. The number of amides is 1. The molecule has 1 heterocycles. The predicted octanol–water partition coefficient (Wildman–Crippen LogP) is 5.85. The van der Waals surface area contributed by atoms with Crippen LogP contribution in [0.3, 0.4) is 0 Å². The van der Waals surface area contributed by atoms with Crippen LogP contribution in [-0.2, 0) is 16.6 Å². The van der Waals surface area contributed by atoms with Gasteiger partial charge in [-0.25, -0.2) is 8.42 Å². The van der Waals surface area contributed by atoms with Crippen molar-refractivity contribution in [2.45, 2.75) is 11.4 Å². The second-order valence-corrected chi connectivity index (χ2v) is 11.0. The van der Waals surface area contributed by atoms with Crippen molar-refractivity contribution in [1.29, 1.82) is 0 Å². The van der Waals surface area contributed by atoms with Gasteiger partial charge < -0.3 is 4.57 Å². The molecule has 0 saturated carbocycles. The molecule has 0 aliphatic heterocycles. The molecule has 33 heavy (non-hydrogen) atoms. The Morgan fingerprint density at radius 1 is 1.12 bits per heavy atom. The third-order valence-electron chi connectivity index (χ3n) is 4.66. The lowest BCUT2D eigenvalue weighted by atomic mass is 10.2. The Labute approximate surface area is 208 Å². The minimum atomic E-state index is -3.77. The van der Waals surface area contributed by atoms with Crippen LogP contribution in [0, 0.1) is 0 Å². The molecular weight excluding hydrogens is 546 g/mol. The van der Waals surface area contributed by atoms with Gasteiger partial charge in [0.25, 0.3) is 15.9 Å². The van der Waals surface area contributed by atoms with E-state index in [-0.39, 0.29) is 4.90 Å². The molecule has 1 amide bonds. The second-order valence-electron chi connectivity index (χ2n) is 6.95. The summed E-state index contributed by atoms with van der Waals surface area (Å²) < 4.78 is 31.4. The second kappa shape index (κ2) is 9.64. The first kappa shape index (κ1) is 23.4. The van der Waals surface area contributed by atoms with Gasteiger partial charge in [0.05, 0.1) is 15.1 Å². The number of halogens is 2. The van der Waals surface area contributed by atoms with Crippen molar-refractivity contribution in [2.75, 3.05) is 4.72 Å². The number of hydrogen-bond donors (Lipinski definition) is 1. The Morgan fingerprint density at radius 3 is 2.48 bits per heavy atom. The van der Waals surface area contributed by atoms with Crippen LogP contribution in [0.1, 0.15) is 10.4 Å². The van der Waals surface area contributed by atoms with Crippen LogP contribution in [0.15, 0.2) is 93.7 Å².